The number of esters is 1. The van der Waals surface area contributed by atoms with Gasteiger partial charge in [0.15, 0.2) is 6.10 Å². The lowest BCUT2D eigenvalue weighted by molar-refractivity contribution is -0.150. The number of halogens is 1. The van der Waals surface area contributed by atoms with E-state index in [9.17, 15) is 13.2 Å². The number of ether oxygens (including phenoxy) is 2. The SMILES string of the molecule is CCOC(=O)C1Cc2cc(S(=O)(=O)N3CCC(C)(CN)C3)ccc2O1.Cl. The molecule has 2 N–H and O–H groups in total. The second-order valence-electron chi connectivity index (χ2n) is 6.94. The molecule has 0 amide bonds. The minimum atomic E-state index is -3.58. The van der Waals surface area contributed by atoms with E-state index in [1.54, 1.807) is 19.1 Å². The van der Waals surface area contributed by atoms with Crippen LogP contribution in [0.1, 0.15) is 25.8 Å². The number of nitrogens with zero attached hydrogens (tertiary/aromatic N) is 1. The average Bonchev–Trinajstić information content (AvgIpc) is 3.19. The van der Waals surface area contributed by atoms with Gasteiger partial charge in [0.1, 0.15) is 5.75 Å². The van der Waals surface area contributed by atoms with E-state index in [0.29, 0.717) is 37.4 Å². The number of fused-ring (bicyclic) bond motifs is 1. The van der Waals surface area contributed by atoms with Gasteiger partial charge < -0.3 is 15.2 Å². The molecule has 0 radical (unpaired) electrons. The number of sulfonamides is 1. The predicted octanol–water partition coefficient (Wildman–Crippen LogP) is 1.33. The molecule has 2 heterocycles. The van der Waals surface area contributed by atoms with Crippen LogP contribution in [0.25, 0.3) is 0 Å². The molecule has 7 nitrogen and oxygen atoms in total. The van der Waals surface area contributed by atoms with Crippen molar-refractivity contribution >= 4 is 28.4 Å². The van der Waals surface area contributed by atoms with Crippen LogP contribution in [0.15, 0.2) is 23.1 Å². The van der Waals surface area contributed by atoms with Crippen LogP contribution >= 0.6 is 12.4 Å². The summed E-state index contributed by atoms with van der Waals surface area (Å²) >= 11 is 0. The Morgan fingerprint density at radius 1 is 1.46 bits per heavy atom. The Balaban J connectivity index is 0.00000243. The Kier molecular flexibility index (Phi) is 6.22. The predicted molar refractivity (Wildman–Crippen MR) is 99.0 cm³/mol. The van der Waals surface area contributed by atoms with E-state index in [0.717, 1.165) is 6.42 Å². The Hall–Kier alpha value is -1.35. The van der Waals surface area contributed by atoms with Crippen molar-refractivity contribution in [2.45, 2.75) is 37.7 Å². The highest BCUT2D eigenvalue weighted by Crippen LogP contribution is 2.35. The Morgan fingerprint density at radius 3 is 2.81 bits per heavy atom. The number of carbonyl (C=O) groups excluding carboxylic acids is 1. The summed E-state index contributed by atoms with van der Waals surface area (Å²) in [6, 6.07) is 4.74. The fraction of sp³-hybridized carbons (Fsp3) is 0.588. The number of carbonyl (C=O) groups is 1. The molecule has 2 unspecified atom stereocenters. The normalized spacial score (nSPS) is 25.3. The molecular weight excluding hydrogens is 380 g/mol. The molecule has 3 rings (SSSR count). The van der Waals surface area contributed by atoms with Crippen molar-refractivity contribution in [3.63, 3.8) is 0 Å². The second-order valence-corrected chi connectivity index (χ2v) is 8.87. The maximum atomic E-state index is 12.9. The maximum absolute atomic E-state index is 12.9. The topological polar surface area (TPSA) is 98.9 Å². The lowest BCUT2D eigenvalue weighted by Crippen LogP contribution is -2.34. The molecule has 0 aliphatic carbocycles. The van der Waals surface area contributed by atoms with Crippen LogP contribution in [0.4, 0.5) is 0 Å². The molecule has 1 aromatic rings. The van der Waals surface area contributed by atoms with Gasteiger partial charge in [-0.3, -0.25) is 0 Å². The van der Waals surface area contributed by atoms with Gasteiger partial charge >= 0.3 is 5.97 Å². The second kappa shape index (κ2) is 7.72. The van der Waals surface area contributed by atoms with E-state index in [2.05, 4.69) is 0 Å². The van der Waals surface area contributed by atoms with E-state index in [1.165, 1.54) is 10.4 Å². The molecule has 2 atom stereocenters. The Morgan fingerprint density at radius 2 is 2.19 bits per heavy atom. The van der Waals surface area contributed by atoms with Gasteiger partial charge in [-0.15, -0.1) is 12.4 Å². The maximum Gasteiger partial charge on any atom is 0.347 e. The first kappa shape index (κ1) is 21.0. The monoisotopic (exact) mass is 404 g/mol. The fourth-order valence-electron chi connectivity index (χ4n) is 3.25. The third-order valence-electron chi connectivity index (χ3n) is 4.91. The molecule has 1 fully saturated rings. The highest BCUT2D eigenvalue weighted by Gasteiger charge is 2.39. The van der Waals surface area contributed by atoms with Crippen molar-refractivity contribution in [3.8, 4) is 5.75 Å². The summed E-state index contributed by atoms with van der Waals surface area (Å²) in [6.07, 6.45) is 0.361. The standard InChI is InChI=1S/C17H24N2O5S.ClH/c1-3-23-16(20)15-9-12-8-13(4-5-14(12)24-15)25(21,22)19-7-6-17(2,10-18)11-19;/h4-5,8,15H,3,6-7,9-11,18H2,1-2H3;1H. The van der Waals surface area contributed by atoms with Crippen molar-refractivity contribution < 1.29 is 22.7 Å². The molecule has 1 saturated heterocycles. The summed E-state index contributed by atoms with van der Waals surface area (Å²) in [4.78, 5) is 12.0. The molecule has 0 spiro atoms. The van der Waals surface area contributed by atoms with Crippen molar-refractivity contribution in [2.75, 3.05) is 26.2 Å². The third kappa shape index (κ3) is 3.83. The van der Waals surface area contributed by atoms with Gasteiger partial charge in [-0.05, 0) is 49.1 Å². The van der Waals surface area contributed by atoms with Gasteiger partial charge in [-0.1, -0.05) is 6.92 Å². The summed E-state index contributed by atoms with van der Waals surface area (Å²) in [6.45, 7) is 5.36. The van der Waals surface area contributed by atoms with Crippen LogP contribution in [0, 0.1) is 5.41 Å². The molecule has 0 saturated carbocycles. The van der Waals surface area contributed by atoms with Crippen LogP contribution in [0.3, 0.4) is 0 Å². The zero-order chi connectivity index (χ0) is 18.2. The quantitative estimate of drug-likeness (QED) is 0.743. The summed E-state index contributed by atoms with van der Waals surface area (Å²) in [5, 5.41) is 0. The summed E-state index contributed by atoms with van der Waals surface area (Å²) in [7, 11) is -3.58. The largest absolute Gasteiger partial charge is 0.478 e. The van der Waals surface area contributed by atoms with Gasteiger partial charge in [0.2, 0.25) is 10.0 Å². The van der Waals surface area contributed by atoms with E-state index in [4.69, 9.17) is 15.2 Å². The molecule has 2 aliphatic rings. The van der Waals surface area contributed by atoms with Gasteiger partial charge in [0.25, 0.3) is 0 Å². The van der Waals surface area contributed by atoms with Gasteiger partial charge in [-0.2, -0.15) is 4.31 Å². The van der Waals surface area contributed by atoms with E-state index in [1.807, 2.05) is 6.92 Å². The molecule has 26 heavy (non-hydrogen) atoms. The van der Waals surface area contributed by atoms with Crippen LogP contribution in [-0.4, -0.2) is 51.0 Å². The van der Waals surface area contributed by atoms with Gasteiger partial charge in [0, 0.05) is 19.5 Å². The Bertz CT molecular complexity index is 785. The molecule has 146 valence electrons. The third-order valence-corrected chi connectivity index (χ3v) is 6.75. The van der Waals surface area contributed by atoms with Crippen LogP contribution in [0.5, 0.6) is 5.75 Å². The zero-order valence-electron chi connectivity index (χ0n) is 14.9. The molecule has 1 aromatic carbocycles. The lowest BCUT2D eigenvalue weighted by Gasteiger charge is -2.22. The summed E-state index contributed by atoms with van der Waals surface area (Å²) in [5.74, 6) is 0.103. The number of hydrogen-bond donors (Lipinski definition) is 1. The minimum absolute atomic E-state index is 0. The molecule has 0 aromatic heterocycles. The number of nitrogens with two attached hydrogens (primary N) is 1. The number of rotatable bonds is 5. The molecule has 0 bridgehead atoms. The Labute approximate surface area is 160 Å². The van der Waals surface area contributed by atoms with E-state index < -0.39 is 22.1 Å². The minimum Gasteiger partial charge on any atom is -0.478 e. The highest BCUT2D eigenvalue weighted by molar-refractivity contribution is 7.89. The molecule has 9 heteroatoms. The van der Waals surface area contributed by atoms with E-state index in [-0.39, 0.29) is 29.3 Å². The molecule has 2 aliphatic heterocycles. The first-order chi connectivity index (χ1) is 11.8. The van der Waals surface area contributed by atoms with Crippen molar-refractivity contribution in [2.24, 2.45) is 11.1 Å². The van der Waals surface area contributed by atoms with Crippen LogP contribution in [0.2, 0.25) is 0 Å². The van der Waals surface area contributed by atoms with Crippen molar-refractivity contribution in [3.05, 3.63) is 23.8 Å². The number of benzene rings is 1. The average molecular weight is 405 g/mol. The van der Waals surface area contributed by atoms with Gasteiger partial charge in [-0.25, -0.2) is 13.2 Å². The summed E-state index contributed by atoms with van der Waals surface area (Å²) in [5.41, 5.74) is 6.30. The first-order valence-corrected chi connectivity index (χ1v) is 9.89. The summed E-state index contributed by atoms with van der Waals surface area (Å²) < 4.78 is 37.8. The molecular formula is C17H25ClN2O5S. The fourth-order valence-corrected chi connectivity index (χ4v) is 4.89. The number of hydrogen-bond acceptors (Lipinski definition) is 6. The van der Waals surface area contributed by atoms with Crippen molar-refractivity contribution in [1.82, 2.24) is 4.31 Å². The van der Waals surface area contributed by atoms with Crippen molar-refractivity contribution in [1.29, 1.82) is 0 Å². The lowest BCUT2D eigenvalue weighted by atomic mass is 9.90. The highest BCUT2D eigenvalue weighted by atomic mass is 35.5. The van der Waals surface area contributed by atoms with Gasteiger partial charge in [0.05, 0.1) is 11.5 Å². The smallest absolute Gasteiger partial charge is 0.347 e. The zero-order valence-corrected chi connectivity index (χ0v) is 16.6. The van der Waals surface area contributed by atoms with Crippen LogP contribution < -0.4 is 10.5 Å². The van der Waals surface area contributed by atoms with Crippen LogP contribution in [-0.2, 0) is 26.0 Å². The van der Waals surface area contributed by atoms with E-state index >= 15 is 0 Å². The first-order valence-electron chi connectivity index (χ1n) is 8.45.